The Bertz CT molecular complexity index is 1310. The van der Waals surface area contributed by atoms with Crippen molar-refractivity contribution in [2.45, 2.75) is 6.92 Å². The minimum atomic E-state index is -0.426. The first-order valence-corrected chi connectivity index (χ1v) is 9.62. The van der Waals surface area contributed by atoms with Crippen molar-refractivity contribution in [1.82, 2.24) is 0 Å². The molecule has 0 spiro atoms. The van der Waals surface area contributed by atoms with E-state index < -0.39 is 5.91 Å². The van der Waals surface area contributed by atoms with Crippen molar-refractivity contribution in [2.24, 2.45) is 5.10 Å². The first kappa shape index (κ1) is 20.0. The number of fused-ring (bicyclic) bond motifs is 1. The van der Waals surface area contributed by atoms with E-state index in [9.17, 15) is 9.90 Å². The number of ether oxygens (including phenoxy) is 1. The van der Waals surface area contributed by atoms with Gasteiger partial charge in [0.25, 0.3) is 5.91 Å². The van der Waals surface area contributed by atoms with E-state index >= 15 is 0 Å². The molecule has 0 radical (unpaired) electrons. The summed E-state index contributed by atoms with van der Waals surface area (Å²) in [7, 11) is 1.55. The predicted octanol–water partition coefficient (Wildman–Crippen LogP) is 4.64. The van der Waals surface area contributed by atoms with Crippen molar-refractivity contribution in [2.75, 3.05) is 17.9 Å². The van der Waals surface area contributed by atoms with E-state index in [1.165, 1.54) is 6.07 Å². The fourth-order valence-corrected chi connectivity index (χ4v) is 3.04. The van der Waals surface area contributed by atoms with Gasteiger partial charge in [-0.3, -0.25) is 10.2 Å². The van der Waals surface area contributed by atoms with Gasteiger partial charge in [0.1, 0.15) is 11.3 Å². The molecule has 7 heteroatoms. The molecule has 0 aliphatic heterocycles. The summed E-state index contributed by atoms with van der Waals surface area (Å²) in [6.45, 7) is 1.78. The van der Waals surface area contributed by atoms with E-state index in [0.717, 1.165) is 5.69 Å². The van der Waals surface area contributed by atoms with Crippen LogP contribution < -0.4 is 21.0 Å². The van der Waals surface area contributed by atoms with Crippen LogP contribution in [0, 0.1) is 6.92 Å². The van der Waals surface area contributed by atoms with Crippen molar-refractivity contribution >= 4 is 28.3 Å². The average molecular weight is 415 g/mol. The van der Waals surface area contributed by atoms with Crippen molar-refractivity contribution in [1.29, 1.82) is 0 Å². The molecule has 0 bridgehead atoms. The molecule has 1 amide bonds. The van der Waals surface area contributed by atoms with Gasteiger partial charge in [0.05, 0.1) is 12.8 Å². The van der Waals surface area contributed by atoms with Crippen LogP contribution in [0.4, 0.5) is 11.4 Å². The maximum atomic E-state index is 13.1. The summed E-state index contributed by atoms with van der Waals surface area (Å²) in [6, 6.07) is 21.4. The van der Waals surface area contributed by atoms with E-state index in [1.807, 2.05) is 42.5 Å². The fraction of sp³-hybridized carbons (Fsp3) is 0.0833. The number of para-hydroxylation sites is 2. The number of rotatable bonds is 5. The second-order valence-corrected chi connectivity index (χ2v) is 6.89. The number of methoxy groups -OCH3 is 1. The van der Waals surface area contributed by atoms with Crippen molar-refractivity contribution in [3.05, 3.63) is 89.5 Å². The highest BCUT2D eigenvalue weighted by molar-refractivity contribution is 6.05. The van der Waals surface area contributed by atoms with Crippen LogP contribution in [0.2, 0.25) is 0 Å². The molecule has 31 heavy (non-hydrogen) atoms. The molecule has 1 heterocycles. The molecule has 0 fully saturated rings. The SMILES string of the molecule is COc1cccc2cc(C(=O)Nc3ccc(C)c(O)c3)/c(=N\Nc3ccccc3)oc12. The summed E-state index contributed by atoms with van der Waals surface area (Å²) < 4.78 is 11.4. The Labute approximate surface area is 178 Å². The third kappa shape index (κ3) is 4.35. The number of phenols is 1. The maximum absolute atomic E-state index is 13.1. The zero-order valence-electron chi connectivity index (χ0n) is 17.0. The number of carbonyl (C=O) groups excluding carboxylic acids is 1. The molecule has 3 aromatic carbocycles. The lowest BCUT2D eigenvalue weighted by atomic mass is 10.1. The predicted molar refractivity (Wildman–Crippen MR) is 119 cm³/mol. The van der Waals surface area contributed by atoms with Crippen molar-refractivity contribution in [3.8, 4) is 11.5 Å². The molecule has 156 valence electrons. The lowest BCUT2D eigenvalue weighted by Gasteiger charge is -2.10. The topological polar surface area (TPSA) is 96.1 Å². The van der Waals surface area contributed by atoms with Crippen LogP contribution in [0.5, 0.6) is 11.5 Å². The van der Waals surface area contributed by atoms with Crippen molar-refractivity contribution < 1.29 is 19.1 Å². The highest BCUT2D eigenvalue weighted by atomic mass is 16.5. The Morgan fingerprint density at radius 3 is 2.55 bits per heavy atom. The van der Waals surface area contributed by atoms with Gasteiger partial charge in [-0.05, 0) is 42.8 Å². The lowest BCUT2D eigenvalue weighted by Crippen LogP contribution is -2.22. The van der Waals surface area contributed by atoms with Crippen LogP contribution in [0.25, 0.3) is 11.0 Å². The van der Waals surface area contributed by atoms with Crippen molar-refractivity contribution in [3.63, 3.8) is 0 Å². The number of nitrogens with zero attached hydrogens (tertiary/aromatic N) is 1. The number of hydrogen-bond acceptors (Lipinski definition) is 6. The van der Waals surface area contributed by atoms with Crippen LogP contribution in [0.1, 0.15) is 15.9 Å². The molecule has 0 aliphatic carbocycles. The first-order chi connectivity index (χ1) is 15.0. The maximum Gasteiger partial charge on any atom is 0.261 e. The highest BCUT2D eigenvalue weighted by Crippen LogP contribution is 2.25. The largest absolute Gasteiger partial charge is 0.508 e. The van der Waals surface area contributed by atoms with Gasteiger partial charge in [-0.1, -0.05) is 36.4 Å². The van der Waals surface area contributed by atoms with E-state index in [-0.39, 0.29) is 16.9 Å². The van der Waals surface area contributed by atoms with Gasteiger partial charge in [-0.15, -0.1) is 5.10 Å². The second-order valence-electron chi connectivity index (χ2n) is 6.89. The number of nitrogens with one attached hydrogen (secondary N) is 2. The number of phenolic OH excluding ortho intramolecular Hbond substituents is 1. The van der Waals surface area contributed by atoms with Gasteiger partial charge in [0.15, 0.2) is 11.3 Å². The van der Waals surface area contributed by atoms with Crippen LogP contribution in [-0.2, 0) is 0 Å². The molecule has 0 atom stereocenters. The van der Waals surface area contributed by atoms with E-state index in [1.54, 1.807) is 38.3 Å². The number of amides is 1. The summed E-state index contributed by atoms with van der Waals surface area (Å²) in [5.74, 6) is 0.204. The quantitative estimate of drug-likeness (QED) is 0.413. The minimum absolute atomic E-state index is 0.0923. The molecule has 4 rings (SSSR count). The van der Waals surface area contributed by atoms with Gasteiger partial charge >= 0.3 is 0 Å². The third-order valence-electron chi connectivity index (χ3n) is 4.73. The van der Waals surface area contributed by atoms with Crippen LogP contribution in [-0.4, -0.2) is 18.1 Å². The smallest absolute Gasteiger partial charge is 0.261 e. The first-order valence-electron chi connectivity index (χ1n) is 9.62. The third-order valence-corrected chi connectivity index (χ3v) is 4.73. The summed E-state index contributed by atoms with van der Waals surface area (Å²) in [5, 5.41) is 17.7. The Morgan fingerprint density at radius 1 is 1.00 bits per heavy atom. The normalized spacial score (nSPS) is 11.4. The van der Waals surface area contributed by atoms with E-state index in [0.29, 0.717) is 28.0 Å². The molecule has 0 saturated carbocycles. The number of aromatic hydroxyl groups is 1. The standard InChI is InChI=1S/C24H21N3O4/c1-15-11-12-18(14-20(15)28)25-23(29)19-13-16-7-6-10-21(30-2)22(16)31-24(19)27-26-17-8-4-3-5-9-17/h3-14,26,28H,1-2H3,(H,25,29)/b27-24+. The van der Waals surface area contributed by atoms with Gasteiger partial charge in [-0.2, -0.15) is 0 Å². The molecule has 0 saturated heterocycles. The average Bonchev–Trinajstić information content (AvgIpc) is 2.79. The molecular weight excluding hydrogens is 394 g/mol. The zero-order valence-corrected chi connectivity index (χ0v) is 17.0. The Hall–Kier alpha value is -4.26. The molecule has 4 aromatic rings. The number of aryl methyl sites for hydroxylation is 1. The molecule has 1 aromatic heterocycles. The molecule has 7 nitrogen and oxygen atoms in total. The van der Waals surface area contributed by atoms with Gasteiger partial charge in [0, 0.05) is 17.1 Å². The lowest BCUT2D eigenvalue weighted by molar-refractivity contribution is 0.102. The minimum Gasteiger partial charge on any atom is -0.508 e. The number of carbonyl (C=O) groups is 1. The van der Waals surface area contributed by atoms with Crippen LogP contribution >= 0.6 is 0 Å². The molecule has 0 unspecified atom stereocenters. The van der Waals surface area contributed by atoms with E-state index in [4.69, 9.17) is 9.15 Å². The molecule has 3 N–H and O–H groups in total. The van der Waals surface area contributed by atoms with E-state index in [2.05, 4.69) is 15.8 Å². The Morgan fingerprint density at radius 2 is 1.81 bits per heavy atom. The highest BCUT2D eigenvalue weighted by Gasteiger charge is 2.15. The summed E-state index contributed by atoms with van der Waals surface area (Å²) >= 11 is 0. The molecule has 0 aliphatic rings. The van der Waals surface area contributed by atoms with Gasteiger partial charge in [0.2, 0.25) is 5.55 Å². The number of hydrogen-bond donors (Lipinski definition) is 3. The number of anilines is 2. The second kappa shape index (κ2) is 8.62. The summed E-state index contributed by atoms with van der Waals surface area (Å²) in [5.41, 5.74) is 5.62. The van der Waals surface area contributed by atoms with Crippen LogP contribution in [0.15, 0.2) is 82.3 Å². The fourth-order valence-electron chi connectivity index (χ4n) is 3.04. The zero-order chi connectivity index (χ0) is 21.8. The molecular formula is C24H21N3O4. The Kier molecular flexibility index (Phi) is 5.57. The monoisotopic (exact) mass is 415 g/mol. The summed E-state index contributed by atoms with van der Waals surface area (Å²) in [6.07, 6.45) is 0. The number of benzene rings is 3. The van der Waals surface area contributed by atoms with Crippen LogP contribution in [0.3, 0.4) is 0 Å². The van der Waals surface area contributed by atoms with Gasteiger partial charge in [-0.25, -0.2) is 0 Å². The Balaban J connectivity index is 1.79. The van der Waals surface area contributed by atoms with Gasteiger partial charge < -0.3 is 19.6 Å². The summed E-state index contributed by atoms with van der Waals surface area (Å²) in [4.78, 5) is 13.1.